The number of rotatable bonds is 2. The summed E-state index contributed by atoms with van der Waals surface area (Å²) in [4.78, 5) is 16.5. The molecule has 4 rings (SSSR count). The second-order valence-electron chi connectivity index (χ2n) is 6.17. The molecule has 2 fully saturated rings. The van der Waals surface area contributed by atoms with Crippen LogP contribution in [0.15, 0.2) is 18.2 Å². The minimum atomic E-state index is -0.224. The first-order chi connectivity index (χ1) is 11.2. The molecule has 4 heterocycles. The summed E-state index contributed by atoms with van der Waals surface area (Å²) >= 11 is 0. The van der Waals surface area contributed by atoms with E-state index in [4.69, 9.17) is 4.74 Å². The number of pyridine rings is 1. The van der Waals surface area contributed by atoms with Crippen molar-refractivity contribution < 1.29 is 9.53 Å². The lowest BCUT2D eigenvalue weighted by atomic mass is 10.2. The van der Waals surface area contributed by atoms with Gasteiger partial charge in [-0.25, -0.2) is 0 Å². The van der Waals surface area contributed by atoms with Crippen molar-refractivity contribution in [3.05, 3.63) is 23.9 Å². The van der Waals surface area contributed by atoms with E-state index >= 15 is 0 Å². The number of carbonyl (C=O) groups is 1. The van der Waals surface area contributed by atoms with Crippen molar-refractivity contribution >= 4 is 17.5 Å². The minimum Gasteiger partial charge on any atom is -0.368 e. The van der Waals surface area contributed by atoms with Gasteiger partial charge >= 0.3 is 0 Å². The van der Waals surface area contributed by atoms with Gasteiger partial charge in [0.05, 0.1) is 0 Å². The zero-order chi connectivity index (χ0) is 15.8. The largest absolute Gasteiger partial charge is 0.368 e. The van der Waals surface area contributed by atoms with E-state index in [1.807, 2.05) is 17.0 Å². The third-order valence-electron chi connectivity index (χ3n) is 4.69. The van der Waals surface area contributed by atoms with Gasteiger partial charge in [-0.2, -0.15) is 0 Å². The van der Waals surface area contributed by atoms with Gasteiger partial charge in [-0.3, -0.25) is 9.20 Å². The Kier molecular flexibility index (Phi) is 3.65. The molecule has 23 heavy (non-hydrogen) atoms. The van der Waals surface area contributed by atoms with Crippen molar-refractivity contribution in [2.45, 2.75) is 25.9 Å². The van der Waals surface area contributed by atoms with Crippen LogP contribution in [0, 0.1) is 6.92 Å². The van der Waals surface area contributed by atoms with Crippen molar-refractivity contribution in [3.63, 3.8) is 0 Å². The molecule has 2 saturated heterocycles. The second-order valence-corrected chi connectivity index (χ2v) is 6.17. The molecule has 2 aromatic heterocycles. The molecule has 0 N–H and O–H groups in total. The van der Waals surface area contributed by atoms with Crippen LogP contribution in [-0.4, -0.2) is 64.3 Å². The van der Waals surface area contributed by atoms with Crippen LogP contribution in [0.25, 0.3) is 5.65 Å². The van der Waals surface area contributed by atoms with Gasteiger partial charge in [-0.15, -0.1) is 10.2 Å². The van der Waals surface area contributed by atoms with E-state index in [1.165, 1.54) is 0 Å². The van der Waals surface area contributed by atoms with E-state index in [1.54, 1.807) is 0 Å². The van der Waals surface area contributed by atoms with Crippen molar-refractivity contribution in [2.75, 3.05) is 37.7 Å². The highest BCUT2D eigenvalue weighted by Gasteiger charge is 2.31. The fourth-order valence-corrected chi connectivity index (χ4v) is 3.39. The lowest BCUT2D eigenvalue weighted by Crippen LogP contribution is -2.51. The van der Waals surface area contributed by atoms with Gasteiger partial charge in [0.15, 0.2) is 5.65 Å². The maximum absolute atomic E-state index is 12.4. The summed E-state index contributed by atoms with van der Waals surface area (Å²) in [5.41, 5.74) is 1.97. The molecular formula is C16H21N5O2. The van der Waals surface area contributed by atoms with Gasteiger partial charge in [0.25, 0.3) is 5.91 Å². The highest BCUT2D eigenvalue weighted by Crippen LogP contribution is 2.20. The molecule has 0 bridgehead atoms. The monoisotopic (exact) mass is 315 g/mol. The third-order valence-corrected chi connectivity index (χ3v) is 4.69. The molecule has 0 spiro atoms. The van der Waals surface area contributed by atoms with E-state index in [9.17, 15) is 4.79 Å². The summed E-state index contributed by atoms with van der Waals surface area (Å²) in [6.45, 7) is 5.72. The number of aromatic nitrogens is 3. The standard InChI is InChI=1S/C16H21N5O2/c1-12-4-2-6-14-17-18-16(21(12)14)20-9-7-19(8-10-20)15(22)13-5-3-11-23-13/h2,4,6,13H,3,5,7-11H2,1H3/t13-/m1/s1. The van der Waals surface area contributed by atoms with Crippen LogP contribution in [0.1, 0.15) is 18.5 Å². The number of hydrogen-bond donors (Lipinski definition) is 0. The van der Waals surface area contributed by atoms with Gasteiger partial charge in [0.2, 0.25) is 5.95 Å². The Labute approximate surface area is 134 Å². The van der Waals surface area contributed by atoms with Gasteiger partial charge < -0.3 is 14.5 Å². The number of anilines is 1. The van der Waals surface area contributed by atoms with Crippen LogP contribution >= 0.6 is 0 Å². The number of nitrogens with zero attached hydrogens (tertiary/aromatic N) is 5. The fraction of sp³-hybridized carbons (Fsp3) is 0.562. The summed E-state index contributed by atoms with van der Waals surface area (Å²) in [5.74, 6) is 1.01. The molecule has 0 unspecified atom stereocenters. The number of aryl methyl sites for hydroxylation is 1. The lowest BCUT2D eigenvalue weighted by molar-refractivity contribution is -0.141. The first kappa shape index (κ1) is 14.4. The molecule has 1 atom stereocenters. The molecule has 2 aromatic rings. The molecule has 122 valence electrons. The molecule has 2 aliphatic heterocycles. The number of piperazine rings is 1. The fourth-order valence-electron chi connectivity index (χ4n) is 3.39. The van der Waals surface area contributed by atoms with Crippen LogP contribution < -0.4 is 4.90 Å². The van der Waals surface area contributed by atoms with Crippen molar-refractivity contribution in [2.24, 2.45) is 0 Å². The summed E-state index contributed by atoms with van der Waals surface area (Å²) in [5, 5.41) is 8.58. The van der Waals surface area contributed by atoms with E-state index in [0.29, 0.717) is 19.7 Å². The average Bonchev–Trinajstić information content (AvgIpc) is 3.25. The number of amides is 1. The first-order valence-electron chi connectivity index (χ1n) is 8.20. The number of fused-ring (bicyclic) bond motifs is 1. The minimum absolute atomic E-state index is 0.143. The third kappa shape index (κ3) is 2.55. The predicted octanol–water partition coefficient (Wildman–Crippen LogP) is 0.865. The van der Waals surface area contributed by atoms with E-state index in [2.05, 4.69) is 32.5 Å². The predicted molar refractivity (Wildman–Crippen MR) is 85.5 cm³/mol. The van der Waals surface area contributed by atoms with Gasteiger partial charge in [-0.05, 0) is 31.9 Å². The van der Waals surface area contributed by atoms with Crippen molar-refractivity contribution in [1.29, 1.82) is 0 Å². The van der Waals surface area contributed by atoms with Gasteiger partial charge in [0, 0.05) is 38.5 Å². The molecule has 7 heteroatoms. The molecule has 7 nitrogen and oxygen atoms in total. The number of carbonyl (C=O) groups excluding carboxylic acids is 1. The van der Waals surface area contributed by atoms with Crippen LogP contribution in [0.3, 0.4) is 0 Å². The lowest BCUT2D eigenvalue weighted by Gasteiger charge is -2.35. The Hall–Kier alpha value is -2.15. The summed E-state index contributed by atoms with van der Waals surface area (Å²) in [6.07, 6.45) is 1.62. The summed E-state index contributed by atoms with van der Waals surface area (Å²) in [7, 11) is 0. The second kappa shape index (κ2) is 5.81. The number of ether oxygens (including phenoxy) is 1. The van der Waals surface area contributed by atoms with E-state index < -0.39 is 0 Å². The molecule has 2 aliphatic rings. The maximum atomic E-state index is 12.4. The smallest absolute Gasteiger partial charge is 0.251 e. The molecule has 0 aromatic carbocycles. The summed E-state index contributed by atoms with van der Waals surface area (Å²) < 4.78 is 7.58. The maximum Gasteiger partial charge on any atom is 0.251 e. The summed E-state index contributed by atoms with van der Waals surface area (Å²) in [6, 6.07) is 6.00. The zero-order valence-corrected chi connectivity index (χ0v) is 13.3. The van der Waals surface area contributed by atoms with Gasteiger partial charge in [0.1, 0.15) is 6.10 Å². The van der Waals surface area contributed by atoms with Crippen LogP contribution in [0.2, 0.25) is 0 Å². The highest BCUT2D eigenvalue weighted by molar-refractivity contribution is 5.81. The van der Waals surface area contributed by atoms with Gasteiger partial charge in [-0.1, -0.05) is 6.07 Å². The van der Waals surface area contributed by atoms with Crippen LogP contribution in [0.5, 0.6) is 0 Å². The Morgan fingerprint density at radius 3 is 2.78 bits per heavy atom. The van der Waals surface area contributed by atoms with Crippen LogP contribution in [0.4, 0.5) is 5.95 Å². The highest BCUT2D eigenvalue weighted by atomic mass is 16.5. The Balaban J connectivity index is 1.47. The Morgan fingerprint density at radius 1 is 1.22 bits per heavy atom. The van der Waals surface area contributed by atoms with E-state index in [0.717, 1.165) is 43.2 Å². The quantitative estimate of drug-likeness (QED) is 0.823. The normalized spacial score (nSPS) is 22.0. The molecule has 1 amide bonds. The van der Waals surface area contributed by atoms with Crippen molar-refractivity contribution in [1.82, 2.24) is 19.5 Å². The van der Waals surface area contributed by atoms with Crippen LogP contribution in [-0.2, 0) is 9.53 Å². The van der Waals surface area contributed by atoms with Crippen molar-refractivity contribution in [3.8, 4) is 0 Å². The van der Waals surface area contributed by atoms with E-state index in [-0.39, 0.29) is 12.0 Å². The first-order valence-corrected chi connectivity index (χ1v) is 8.20. The molecule has 0 aliphatic carbocycles. The zero-order valence-electron chi connectivity index (χ0n) is 13.3. The molecular weight excluding hydrogens is 294 g/mol. The average molecular weight is 315 g/mol. The Bertz CT molecular complexity index is 714. The topological polar surface area (TPSA) is 63.0 Å². The molecule has 0 radical (unpaired) electrons. The Morgan fingerprint density at radius 2 is 2.04 bits per heavy atom. The SMILES string of the molecule is Cc1cccc2nnc(N3CCN(C(=O)[C@H]4CCCO4)CC3)n12. The molecule has 0 saturated carbocycles. The number of hydrogen-bond acceptors (Lipinski definition) is 5.